The minimum Gasteiger partial charge on any atom is -0.474 e. The molecule has 1 heterocycles. The van der Waals surface area contributed by atoms with Gasteiger partial charge in [-0.15, -0.1) is 0 Å². The Balaban J connectivity index is 2.33. The molecule has 0 aromatic rings. The summed E-state index contributed by atoms with van der Waals surface area (Å²) in [7, 11) is 1.20. The summed E-state index contributed by atoms with van der Waals surface area (Å²) in [6.07, 6.45) is -3.54. The topological polar surface area (TPSA) is 39.9 Å². The number of rotatable bonds is 1. The van der Waals surface area contributed by atoms with Crippen LogP contribution in [0.3, 0.4) is 0 Å². The van der Waals surface area contributed by atoms with E-state index in [-0.39, 0.29) is 31.6 Å². The van der Waals surface area contributed by atoms with E-state index in [4.69, 9.17) is 16.8 Å². The van der Waals surface area contributed by atoms with Crippen LogP contribution >= 0.6 is 0 Å². The van der Waals surface area contributed by atoms with Crippen molar-refractivity contribution in [1.29, 1.82) is 0 Å². The summed E-state index contributed by atoms with van der Waals surface area (Å²) >= 11 is 0. The van der Waals surface area contributed by atoms with Crippen LogP contribution in [0.2, 0.25) is 0 Å². The minimum atomic E-state index is -1.99. The van der Waals surface area contributed by atoms with Gasteiger partial charge in [0.1, 0.15) is 0 Å². The summed E-state index contributed by atoms with van der Waals surface area (Å²) in [6, 6.07) is 0. The third-order valence-corrected chi connectivity index (χ3v) is 3.12. The van der Waals surface area contributed by atoms with Gasteiger partial charge in [-0.1, -0.05) is 18.3 Å². The molecule has 2 aliphatic rings. The lowest BCUT2D eigenvalue weighted by molar-refractivity contribution is -0.135. The van der Waals surface area contributed by atoms with Crippen molar-refractivity contribution in [1.82, 2.24) is 0 Å². The van der Waals surface area contributed by atoms with Gasteiger partial charge in [0.2, 0.25) is 0 Å². The molecule has 1 spiro atoms. The predicted molar refractivity (Wildman–Crippen MR) is 62.0 cm³/mol. The second kappa shape index (κ2) is 4.89. The molecule has 92 valence electrons. The molecule has 0 bridgehead atoms. The van der Waals surface area contributed by atoms with Gasteiger partial charge in [0.05, 0.1) is 19.3 Å². The summed E-state index contributed by atoms with van der Waals surface area (Å²) in [6.45, 7) is 7.37. The second-order valence-electron chi connectivity index (χ2n) is 4.22. The fraction of sp³-hybridized carbons (Fsp3) is 0.692. The first-order chi connectivity index (χ1) is 9.66. The number of ether oxygens (including phenoxy) is 2. The standard InChI is InChI=1S/C13H17NO3/c1-14-11(12(15)16-2)10-5-8-17-13(9-10)6-3-4-7-13/h3-9H2,2H3/b11-10+/i3D2,4D2. The highest BCUT2D eigenvalue weighted by Crippen LogP contribution is 2.42. The molecular weight excluding hydrogens is 218 g/mol. The average Bonchev–Trinajstić information content (AvgIpc) is 2.54. The SMILES string of the molecule is [2H]C1([2H])CC2(C/C(=C(/[N+]#[C-])C(=O)OC)CCO2)CC1([2H])[2H]. The molecule has 2 rings (SSSR count). The van der Waals surface area contributed by atoms with Crippen molar-refractivity contribution in [2.45, 2.75) is 44.0 Å². The van der Waals surface area contributed by atoms with Crippen LogP contribution in [0.25, 0.3) is 4.85 Å². The van der Waals surface area contributed by atoms with Gasteiger partial charge in [-0.25, -0.2) is 4.85 Å². The van der Waals surface area contributed by atoms with E-state index in [9.17, 15) is 4.79 Å². The molecule has 0 atom stereocenters. The number of methoxy groups -OCH3 is 1. The number of hydrogen-bond acceptors (Lipinski definition) is 3. The largest absolute Gasteiger partial charge is 0.474 e. The molecule has 1 saturated heterocycles. The van der Waals surface area contributed by atoms with Crippen molar-refractivity contribution >= 4 is 5.97 Å². The van der Waals surface area contributed by atoms with Crippen molar-refractivity contribution < 1.29 is 19.8 Å². The molecule has 1 aliphatic heterocycles. The highest BCUT2D eigenvalue weighted by Gasteiger charge is 2.39. The first kappa shape index (κ1) is 7.88. The van der Waals surface area contributed by atoms with E-state index in [1.807, 2.05) is 0 Å². The molecular formula is C13H17NO3. The zero-order valence-electron chi connectivity index (χ0n) is 13.7. The fourth-order valence-electron chi connectivity index (χ4n) is 2.22. The van der Waals surface area contributed by atoms with E-state index in [2.05, 4.69) is 9.58 Å². The van der Waals surface area contributed by atoms with Gasteiger partial charge in [0, 0.05) is 12.1 Å². The normalized spacial score (nSPS) is 34.8. The Morgan fingerprint density at radius 3 is 2.88 bits per heavy atom. The number of esters is 1. The Hall–Kier alpha value is -1.34. The Morgan fingerprint density at radius 1 is 1.59 bits per heavy atom. The molecule has 0 unspecified atom stereocenters. The van der Waals surface area contributed by atoms with Gasteiger partial charge in [-0.2, -0.15) is 0 Å². The third kappa shape index (κ3) is 2.34. The van der Waals surface area contributed by atoms with Crippen molar-refractivity contribution in [2.75, 3.05) is 13.7 Å². The van der Waals surface area contributed by atoms with Crippen LogP contribution in [0.15, 0.2) is 11.3 Å². The highest BCUT2D eigenvalue weighted by molar-refractivity contribution is 5.91. The monoisotopic (exact) mass is 239 g/mol. The summed E-state index contributed by atoms with van der Waals surface area (Å²) in [5.74, 6) is -0.707. The summed E-state index contributed by atoms with van der Waals surface area (Å²) < 4.78 is 41.6. The first-order valence-electron chi connectivity index (χ1n) is 7.48. The van der Waals surface area contributed by atoms with E-state index in [1.165, 1.54) is 7.11 Å². The van der Waals surface area contributed by atoms with Gasteiger partial charge in [-0.3, -0.25) is 4.79 Å². The van der Waals surface area contributed by atoms with Crippen molar-refractivity contribution in [2.24, 2.45) is 0 Å². The van der Waals surface area contributed by atoms with Gasteiger partial charge >= 0.3 is 5.97 Å². The van der Waals surface area contributed by atoms with Crippen LogP contribution in [-0.4, -0.2) is 25.3 Å². The lowest BCUT2D eigenvalue weighted by Gasteiger charge is -2.35. The Morgan fingerprint density at radius 2 is 2.29 bits per heavy atom. The summed E-state index contributed by atoms with van der Waals surface area (Å²) in [5, 5.41) is 0. The maximum Gasteiger partial charge on any atom is 0.335 e. The van der Waals surface area contributed by atoms with E-state index in [0.717, 1.165) is 0 Å². The number of carbonyl (C=O) groups excluding carboxylic acids is 1. The molecule has 0 radical (unpaired) electrons. The molecule has 0 aromatic carbocycles. The Kier molecular flexibility index (Phi) is 2.27. The highest BCUT2D eigenvalue weighted by atomic mass is 16.5. The smallest absolute Gasteiger partial charge is 0.335 e. The maximum absolute atomic E-state index is 11.6. The van der Waals surface area contributed by atoms with Gasteiger partial charge in [0.25, 0.3) is 5.70 Å². The summed E-state index contributed by atoms with van der Waals surface area (Å²) in [5.41, 5.74) is -0.505. The molecule has 4 nitrogen and oxygen atoms in total. The van der Waals surface area contributed by atoms with E-state index in [0.29, 0.717) is 12.0 Å². The number of hydrogen-bond donors (Lipinski definition) is 0. The summed E-state index contributed by atoms with van der Waals surface area (Å²) in [4.78, 5) is 14.8. The Labute approximate surface area is 107 Å². The van der Waals surface area contributed by atoms with Crippen molar-refractivity contribution in [3.05, 3.63) is 22.7 Å². The van der Waals surface area contributed by atoms with Crippen LogP contribution in [-0.2, 0) is 14.3 Å². The van der Waals surface area contributed by atoms with Crippen LogP contribution in [0.4, 0.5) is 0 Å². The van der Waals surface area contributed by atoms with E-state index >= 15 is 0 Å². The van der Waals surface area contributed by atoms with Crippen LogP contribution in [0.1, 0.15) is 43.9 Å². The van der Waals surface area contributed by atoms with Crippen LogP contribution < -0.4 is 0 Å². The molecule has 1 saturated carbocycles. The zero-order valence-corrected chi connectivity index (χ0v) is 9.71. The van der Waals surface area contributed by atoms with Gasteiger partial charge < -0.3 is 9.47 Å². The van der Waals surface area contributed by atoms with Crippen molar-refractivity contribution in [3.8, 4) is 0 Å². The Bertz CT molecular complexity index is 520. The number of carbonyl (C=O) groups is 1. The predicted octanol–water partition coefficient (Wildman–Crippen LogP) is 2.46. The number of nitrogens with zero attached hydrogens (tertiary/aromatic N) is 1. The lowest BCUT2D eigenvalue weighted by atomic mass is 9.87. The van der Waals surface area contributed by atoms with Gasteiger partial charge in [-0.05, 0) is 25.7 Å². The molecule has 4 heteroatoms. The molecule has 1 aliphatic carbocycles. The molecule has 0 N–H and O–H groups in total. The van der Waals surface area contributed by atoms with Crippen LogP contribution in [0.5, 0.6) is 0 Å². The van der Waals surface area contributed by atoms with E-state index in [1.54, 1.807) is 0 Å². The van der Waals surface area contributed by atoms with Crippen LogP contribution in [0, 0.1) is 6.57 Å². The third-order valence-electron chi connectivity index (χ3n) is 3.12. The average molecular weight is 239 g/mol. The zero-order chi connectivity index (χ0) is 15.9. The molecule has 2 fully saturated rings. The van der Waals surface area contributed by atoms with E-state index < -0.39 is 24.3 Å². The van der Waals surface area contributed by atoms with Crippen molar-refractivity contribution in [3.63, 3.8) is 0 Å². The lowest BCUT2D eigenvalue weighted by Crippen LogP contribution is -2.34. The fourth-order valence-corrected chi connectivity index (χ4v) is 2.22. The maximum atomic E-state index is 11.6. The molecule has 0 amide bonds. The first-order valence-corrected chi connectivity index (χ1v) is 5.48. The van der Waals surface area contributed by atoms with Gasteiger partial charge in [0.15, 0.2) is 0 Å². The molecule has 0 aromatic heterocycles. The second-order valence-corrected chi connectivity index (χ2v) is 4.22. The molecule has 17 heavy (non-hydrogen) atoms. The minimum absolute atomic E-state index is 0.0804. The quantitative estimate of drug-likeness (QED) is 0.401.